The molecule has 1 aliphatic rings. The lowest BCUT2D eigenvalue weighted by molar-refractivity contribution is -0.113. The van der Waals surface area contributed by atoms with Crippen molar-refractivity contribution in [2.75, 3.05) is 12.4 Å². The number of ether oxygens (including phenoxy) is 2. The van der Waals surface area contributed by atoms with E-state index in [1.54, 1.807) is 6.92 Å². The summed E-state index contributed by atoms with van der Waals surface area (Å²) in [5.74, 6) is -0.926. The summed E-state index contributed by atoms with van der Waals surface area (Å²) in [5.41, 5.74) is 1.78. The molecule has 0 saturated carbocycles. The summed E-state index contributed by atoms with van der Waals surface area (Å²) in [6, 6.07) is 9.00. The molecule has 1 atom stereocenters. The molecule has 0 saturated heterocycles. The molecule has 2 aromatic carbocycles. The third kappa shape index (κ3) is 4.82. The van der Waals surface area contributed by atoms with Gasteiger partial charge in [-0.05, 0) is 61.1 Å². The normalized spacial score (nSPS) is 16.1. The molecule has 0 unspecified atom stereocenters. The maximum absolute atomic E-state index is 13.1. The van der Waals surface area contributed by atoms with Crippen molar-refractivity contribution in [1.29, 1.82) is 0 Å². The first-order valence-corrected chi connectivity index (χ1v) is 9.17. The largest absolute Gasteiger partial charge is 0.493 e. The second-order valence-corrected chi connectivity index (χ2v) is 6.73. The number of thiocarbonyl (C=S) groups is 1. The molecule has 10 heteroatoms. The maximum atomic E-state index is 13.1. The Morgan fingerprint density at radius 3 is 2.50 bits per heavy atom. The Hall–Kier alpha value is -3.27. The van der Waals surface area contributed by atoms with Crippen LogP contribution in [0.1, 0.15) is 18.5 Å². The molecule has 158 valence electrons. The van der Waals surface area contributed by atoms with Gasteiger partial charge in [-0.2, -0.15) is 8.78 Å². The van der Waals surface area contributed by atoms with E-state index in [-0.39, 0.29) is 11.5 Å². The number of methoxy groups -OCH3 is 1. The number of nitrogens with one attached hydrogen (secondary N) is 3. The van der Waals surface area contributed by atoms with E-state index in [0.717, 1.165) is 0 Å². The van der Waals surface area contributed by atoms with Crippen molar-refractivity contribution in [1.82, 2.24) is 10.6 Å². The van der Waals surface area contributed by atoms with Gasteiger partial charge in [-0.15, -0.1) is 0 Å². The van der Waals surface area contributed by atoms with Gasteiger partial charge in [-0.25, -0.2) is 4.39 Å². The lowest BCUT2D eigenvalue weighted by atomic mass is 9.94. The minimum Gasteiger partial charge on any atom is -0.493 e. The lowest BCUT2D eigenvalue weighted by Gasteiger charge is -2.30. The first kappa shape index (κ1) is 21.4. The number of allylic oxidation sites excluding steroid dienone is 1. The van der Waals surface area contributed by atoms with Crippen LogP contribution in [0.25, 0.3) is 0 Å². The maximum Gasteiger partial charge on any atom is 0.387 e. The minimum absolute atomic E-state index is 0.0787. The van der Waals surface area contributed by atoms with Crippen molar-refractivity contribution < 1.29 is 27.4 Å². The van der Waals surface area contributed by atoms with Gasteiger partial charge in [0.15, 0.2) is 16.6 Å². The van der Waals surface area contributed by atoms with E-state index in [0.29, 0.717) is 27.6 Å². The summed E-state index contributed by atoms with van der Waals surface area (Å²) in [6.45, 7) is -1.32. The van der Waals surface area contributed by atoms with Crippen LogP contribution in [0.3, 0.4) is 0 Å². The van der Waals surface area contributed by atoms with Crippen LogP contribution in [0.2, 0.25) is 0 Å². The van der Waals surface area contributed by atoms with Crippen LogP contribution < -0.4 is 25.4 Å². The summed E-state index contributed by atoms with van der Waals surface area (Å²) in [6.07, 6.45) is 0. The average Bonchev–Trinajstić information content (AvgIpc) is 2.69. The number of amides is 1. The molecular weight excluding hydrogens is 419 g/mol. The lowest BCUT2D eigenvalue weighted by Crippen LogP contribution is -2.45. The highest BCUT2D eigenvalue weighted by molar-refractivity contribution is 7.80. The molecule has 0 aliphatic carbocycles. The van der Waals surface area contributed by atoms with Gasteiger partial charge in [-0.1, -0.05) is 6.07 Å². The van der Waals surface area contributed by atoms with E-state index in [9.17, 15) is 18.0 Å². The van der Waals surface area contributed by atoms with Crippen molar-refractivity contribution in [3.8, 4) is 11.5 Å². The van der Waals surface area contributed by atoms with Crippen LogP contribution in [0, 0.1) is 5.82 Å². The Morgan fingerprint density at radius 1 is 1.17 bits per heavy atom. The topological polar surface area (TPSA) is 71.6 Å². The van der Waals surface area contributed by atoms with Gasteiger partial charge in [0.2, 0.25) is 0 Å². The number of alkyl halides is 2. The van der Waals surface area contributed by atoms with Gasteiger partial charge in [0, 0.05) is 11.4 Å². The number of halogens is 3. The summed E-state index contributed by atoms with van der Waals surface area (Å²) in [4.78, 5) is 13.0. The molecule has 2 aromatic rings. The molecular formula is C20H18F3N3O3S. The van der Waals surface area contributed by atoms with Crippen LogP contribution in [-0.2, 0) is 4.79 Å². The summed E-state index contributed by atoms with van der Waals surface area (Å²) in [7, 11) is 1.32. The van der Waals surface area contributed by atoms with Gasteiger partial charge >= 0.3 is 6.61 Å². The van der Waals surface area contributed by atoms with Gasteiger partial charge in [-0.3, -0.25) is 4.79 Å². The van der Waals surface area contributed by atoms with Gasteiger partial charge in [0.25, 0.3) is 5.91 Å². The fourth-order valence-electron chi connectivity index (χ4n) is 3.03. The van der Waals surface area contributed by atoms with E-state index in [4.69, 9.17) is 17.0 Å². The fraction of sp³-hybridized carbons (Fsp3) is 0.200. The molecule has 6 nitrogen and oxygen atoms in total. The zero-order valence-corrected chi connectivity index (χ0v) is 16.8. The Labute approximate surface area is 176 Å². The minimum atomic E-state index is -3.01. The standard InChI is InChI=1S/C20H18F3N3O3S/c1-10-16(18(27)25-13-6-4-12(21)5-7-13)17(26-20(30)24-10)11-3-8-14(29-19(22)23)15(9-11)28-2/h3-9,17,19H,1-2H3,(H,25,27)(H2,24,26,30)/t17-/m0/s1. The van der Waals surface area contributed by atoms with E-state index < -0.39 is 24.4 Å². The molecule has 0 spiro atoms. The Bertz CT molecular complexity index is 997. The number of anilines is 1. The summed E-state index contributed by atoms with van der Waals surface area (Å²) in [5, 5.41) is 8.89. The third-order valence-corrected chi connectivity index (χ3v) is 4.57. The first-order valence-electron chi connectivity index (χ1n) is 8.76. The Morgan fingerprint density at radius 2 is 1.87 bits per heavy atom. The predicted molar refractivity (Wildman–Crippen MR) is 109 cm³/mol. The number of rotatable bonds is 6. The quantitative estimate of drug-likeness (QED) is 0.596. The molecule has 0 radical (unpaired) electrons. The van der Waals surface area contributed by atoms with Crippen molar-refractivity contribution in [3.05, 3.63) is 65.1 Å². The second kappa shape index (κ2) is 9.04. The summed E-state index contributed by atoms with van der Waals surface area (Å²) >= 11 is 5.20. The first-order chi connectivity index (χ1) is 14.3. The number of carbonyl (C=O) groups is 1. The molecule has 1 amide bonds. The molecule has 1 heterocycles. The number of carbonyl (C=O) groups excluding carboxylic acids is 1. The zero-order chi connectivity index (χ0) is 21.8. The van der Waals surface area contributed by atoms with Crippen molar-refractivity contribution in [3.63, 3.8) is 0 Å². The van der Waals surface area contributed by atoms with Gasteiger partial charge in [0.05, 0.1) is 18.7 Å². The SMILES string of the molecule is COc1cc([C@@H]2NC(=S)NC(C)=C2C(=O)Nc2ccc(F)cc2)ccc1OC(F)F. The smallest absolute Gasteiger partial charge is 0.387 e. The Balaban J connectivity index is 1.95. The number of hydrogen-bond acceptors (Lipinski definition) is 4. The number of hydrogen-bond donors (Lipinski definition) is 3. The van der Waals surface area contributed by atoms with Crippen LogP contribution in [0.4, 0.5) is 18.9 Å². The molecule has 1 aliphatic heterocycles. The zero-order valence-electron chi connectivity index (χ0n) is 16.0. The fourth-order valence-corrected chi connectivity index (χ4v) is 3.30. The molecule has 0 aromatic heterocycles. The molecule has 0 bridgehead atoms. The van der Waals surface area contributed by atoms with Gasteiger partial charge < -0.3 is 25.4 Å². The highest BCUT2D eigenvalue weighted by Gasteiger charge is 2.30. The van der Waals surface area contributed by atoms with Crippen LogP contribution >= 0.6 is 12.2 Å². The molecule has 3 rings (SSSR count). The van der Waals surface area contributed by atoms with Crippen LogP contribution in [0.5, 0.6) is 11.5 Å². The number of benzene rings is 2. The second-order valence-electron chi connectivity index (χ2n) is 6.32. The Kier molecular flexibility index (Phi) is 6.46. The average molecular weight is 437 g/mol. The molecule has 0 fully saturated rings. The van der Waals surface area contributed by atoms with E-state index in [1.165, 1.54) is 49.6 Å². The van der Waals surface area contributed by atoms with E-state index in [1.807, 2.05) is 0 Å². The molecule has 3 N–H and O–H groups in total. The van der Waals surface area contributed by atoms with Crippen molar-refractivity contribution in [2.24, 2.45) is 0 Å². The monoisotopic (exact) mass is 437 g/mol. The van der Waals surface area contributed by atoms with Gasteiger partial charge in [0.1, 0.15) is 5.82 Å². The predicted octanol–water partition coefficient (Wildman–Crippen LogP) is 3.87. The summed E-state index contributed by atoms with van der Waals surface area (Å²) < 4.78 is 47.9. The highest BCUT2D eigenvalue weighted by atomic mass is 32.1. The van der Waals surface area contributed by atoms with E-state index >= 15 is 0 Å². The molecule has 30 heavy (non-hydrogen) atoms. The van der Waals surface area contributed by atoms with Crippen LogP contribution in [-0.4, -0.2) is 24.7 Å². The third-order valence-electron chi connectivity index (χ3n) is 4.35. The van der Waals surface area contributed by atoms with Crippen molar-refractivity contribution >= 4 is 28.9 Å². The van der Waals surface area contributed by atoms with E-state index in [2.05, 4.69) is 20.7 Å². The van der Waals surface area contributed by atoms with Crippen LogP contribution in [0.15, 0.2) is 53.7 Å². The van der Waals surface area contributed by atoms with Crippen molar-refractivity contribution in [2.45, 2.75) is 19.6 Å². The highest BCUT2D eigenvalue weighted by Crippen LogP contribution is 2.35.